The van der Waals surface area contributed by atoms with Crippen molar-refractivity contribution in [1.29, 1.82) is 0 Å². The average Bonchev–Trinajstić information content (AvgIpc) is 3.11. The van der Waals surface area contributed by atoms with Gasteiger partial charge in [-0.05, 0) is 52.6 Å². The Kier molecular flexibility index (Phi) is 3.48. The quantitative estimate of drug-likeness (QED) is 0.817. The predicted molar refractivity (Wildman–Crippen MR) is 76.5 cm³/mol. The Balaban J connectivity index is 1.62. The molecule has 0 bridgehead atoms. The molecule has 0 radical (unpaired) electrons. The van der Waals surface area contributed by atoms with E-state index in [0.29, 0.717) is 5.92 Å². The van der Waals surface area contributed by atoms with Gasteiger partial charge in [0.2, 0.25) is 0 Å². The standard InChI is InChI=1S/C14H15NOS2/c16-14(13-2-1-8-18-13)15-6-3-11(4-7-15)12-5-9-17-10-12/h1-2,5,8-11H,3-4,6-7H2. The largest absolute Gasteiger partial charge is 0.338 e. The molecule has 94 valence electrons. The summed E-state index contributed by atoms with van der Waals surface area (Å²) < 4.78 is 0. The summed E-state index contributed by atoms with van der Waals surface area (Å²) in [6.45, 7) is 1.77. The van der Waals surface area contributed by atoms with E-state index in [1.54, 1.807) is 11.3 Å². The summed E-state index contributed by atoms with van der Waals surface area (Å²) in [6.07, 6.45) is 2.18. The van der Waals surface area contributed by atoms with Gasteiger partial charge in [-0.3, -0.25) is 4.79 Å². The maximum absolute atomic E-state index is 12.2. The molecule has 4 heteroatoms. The number of carbonyl (C=O) groups is 1. The zero-order chi connectivity index (χ0) is 12.4. The Morgan fingerprint density at radius 1 is 1.22 bits per heavy atom. The van der Waals surface area contributed by atoms with Crippen LogP contribution in [0.3, 0.4) is 0 Å². The molecule has 1 amide bonds. The van der Waals surface area contributed by atoms with Crippen LogP contribution < -0.4 is 0 Å². The van der Waals surface area contributed by atoms with Gasteiger partial charge in [0.05, 0.1) is 4.88 Å². The van der Waals surface area contributed by atoms with Gasteiger partial charge in [-0.25, -0.2) is 0 Å². The highest BCUT2D eigenvalue weighted by molar-refractivity contribution is 7.12. The molecule has 3 rings (SSSR count). The molecule has 18 heavy (non-hydrogen) atoms. The lowest BCUT2D eigenvalue weighted by atomic mass is 9.91. The summed E-state index contributed by atoms with van der Waals surface area (Å²) in [5.74, 6) is 0.845. The number of hydrogen-bond donors (Lipinski definition) is 0. The number of thiophene rings is 2. The average molecular weight is 277 g/mol. The van der Waals surface area contributed by atoms with Crippen molar-refractivity contribution in [3.05, 3.63) is 44.8 Å². The fourth-order valence-corrected chi connectivity index (χ4v) is 3.91. The van der Waals surface area contributed by atoms with Crippen LogP contribution >= 0.6 is 22.7 Å². The number of carbonyl (C=O) groups excluding carboxylic acids is 1. The highest BCUT2D eigenvalue weighted by atomic mass is 32.1. The van der Waals surface area contributed by atoms with E-state index >= 15 is 0 Å². The van der Waals surface area contributed by atoms with Crippen molar-refractivity contribution < 1.29 is 4.79 Å². The third-order valence-electron chi connectivity index (χ3n) is 3.53. The van der Waals surface area contributed by atoms with Crippen molar-refractivity contribution in [1.82, 2.24) is 4.90 Å². The second-order valence-electron chi connectivity index (χ2n) is 4.60. The lowest BCUT2D eigenvalue weighted by molar-refractivity contribution is 0.0718. The molecule has 0 N–H and O–H groups in total. The Morgan fingerprint density at radius 3 is 2.67 bits per heavy atom. The summed E-state index contributed by atoms with van der Waals surface area (Å²) in [6, 6.07) is 6.07. The normalized spacial score (nSPS) is 17.0. The van der Waals surface area contributed by atoms with Crippen molar-refractivity contribution in [3.8, 4) is 0 Å². The number of rotatable bonds is 2. The predicted octanol–water partition coefficient (Wildman–Crippen LogP) is 3.83. The van der Waals surface area contributed by atoms with Crippen LogP contribution in [0.15, 0.2) is 34.3 Å². The van der Waals surface area contributed by atoms with Gasteiger partial charge < -0.3 is 4.90 Å². The number of piperidine rings is 1. The minimum Gasteiger partial charge on any atom is -0.338 e. The molecule has 1 aliphatic rings. The van der Waals surface area contributed by atoms with Gasteiger partial charge in [0.15, 0.2) is 0 Å². The van der Waals surface area contributed by atoms with Crippen LogP contribution in [0.1, 0.15) is 34.0 Å². The van der Waals surface area contributed by atoms with Crippen molar-refractivity contribution in [2.45, 2.75) is 18.8 Å². The van der Waals surface area contributed by atoms with Crippen molar-refractivity contribution in [2.24, 2.45) is 0 Å². The Hall–Kier alpha value is -1.13. The molecule has 0 aliphatic carbocycles. The molecule has 0 spiro atoms. The zero-order valence-corrected chi connectivity index (χ0v) is 11.7. The molecule has 1 fully saturated rings. The maximum atomic E-state index is 12.2. The lowest BCUT2D eigenvalue weighted by Crippen LogP contribution is -2.37. The van der Waals surface area contributed by atoms with Crippen molar-refractivity contribution >= 4 is 28.6 Å². The second-order valence-corrected chi connectivity index (χ2v) is 6.33. The van der Waals surface area contributed by atoms with E-state index < -0.39 is 0 Å². The number of likely N-dealkylation sites (tertiary alicyclic amines) is 1. The van der Waals surface area contributed by atoms with E-state index in [0.717, 1.165) is 30.8 Å². The maximum Gasteiger partial charge on any atom is 0.263 e. The van der Waals surface area contributed by atoms with Crippen LogP contribution in [0.2, 0.25) is 0 Å². The van der Waals surface area contributed by atoms with E-state index in [4.69, 9.17) is 0 Å². The first-order valence-corrected chi connectivity index (χ1v) is 8.02. The van der Waals surface area contributed by atoms with E-state index in [1.165, 1.54) is 16.9 Å². The third-order valence-corrected chi connectivity index (χ3v) is 5.09. The van der Waals surface area contributed by atoms with Crippen LogP contribution in [-0.4, -0.2) is 23.9 Å². The SMILES string of the molecule is O=C(c1cccs1)N1CCC(c2ccsc2)CC1. The van der Waals surface area contributed by atoms with Gasteiger partial charge in [-0.15, -0.1) is 11.3 Å². The molecule has 0 aromatic carbocycles. The van der Waals surface area contributed by atoms with Crippen LogP contribution in [0.25, 0.3) is 0 Å². The lowest BCUT2D eigenvalue weighted by Gasteiger charge is -2.31. The molecule has 0 saturated carbocycles. The van der Waals surface area contributed by atoms with Gasteiger partial charge in [0.25, 0.3) is 5.91 Å². The van der Waals surface area contributed by atoms with Gasteiger partial charge in [-0.1, -0.05) is 6.07 Å². The second kappa shape index (κ2) is 5.24. The van der Waals surface area contributed by atoms with E-state index in [-0.39, 0.29) is 5.91 Å². The summed E-state index contributed by atoms with van der Waals surface area (Å²) in [7, 11) is 0. The Morgan fingerprint density at radius 2 is 2.06 bits per heavy atom. The molecular formula is C14H15NOS2. The first kappa shape index (κ1) is 11.9. The van der Waals surface area contributed by atoms with E-state index in [2.05, 4.69) is 16.8 Å². The number of hydrogen-bond acceptors (Lipinski definition) is 3. The smallest absolute Gasteiger partial charge is 0.263 e. The molecule has 2 aromatic rings. The monoisotopic (exact) mass is 277 g/mol. The third kappa shape index (κ3) is 2.35. The van der Waals surface area contributed by atoms with E-state index in [9.17, 15) is 4.79 Å². The van der Waals surface area contributed by atoms with Crippen LogP contribution in [0, 0.1) is 0 Å². The first-order chi connectivity index (χ1) is 8.84. The summed E-state index contributed by atoms with van der Waals surface area (Å²) in [4.78, 5) is 15.1. The van der Waals surface area contributed by atoms with Crippen LogP contribution in [0.4, 0.5) is 0 Å². The zero-order valence-electron chi connectivity index (χ0n) is 10.0. The fourth-order valence-electron chi connectivity index (χ4n) is 2.48. The van der Waals surface area contributed by atoms with Crippen LogP contribution in [-0.2, 0) is 0 Å². The molecule has 0 unspecified atom stereocenters. The molecule has 0 atom stereocenters. The molecule has 1 saturated heterocycles. The molecule has 2 aromatic heterocycles. The van der Waals surface area contributed by atoms with Crippen molar-refractivity contribution in [3.63, 3.8) is 0 Å². The first-order valence-electron chi connectivity index (χ1n) is 6.19. The number of amides is 1. The highest BCUT2D eigenvalue weighted by Gasteiger charge is 2.24. The highest BCUT2D eigenvalue weighted by Crippen LogP contribution is 2.30. The minimum atomic E-state index is 0.203. The Labute approximate surface area is 115 Å². The van der Waals surface area contributed by atoms with E-state index in [1.807, 2.05) is 22.4 Å². The van der Waals surface area contributed by atoms with Gasteiger partial charge in [-0.2, -0.15) is 11.3 Å². The van der Waals surface area contributed by atoms with Crippen molar-refractivity contribution in [2.75, 3.05) is 13.1 Å². The summed E-state index contributed by atoms with van der Waals surface area (Å²) >= 11 is 3.29. The topological polar surface area (TPSA) is 20.3 Å². The molecule has 1 aliphatic heterocycles. The fraction of sp³-hybridized carbons (Fsp3) is 0.357. The van der Waals surface area contributed by atoms with Gasteiger partial charge in [0, 0.05) is 13.1 Å². The van der Waals surface area contributed by atoms with Crippen LogP contribution in [0.5, 0.6) is 0 Å². The Bertz CT molecular complexity index is 496. The summed E-state index contributed by atoms with van der Waals surface area (Å²) in [5, 5.41) is 6.34. The number of nitrogens with zero attached hydrogens (tertiary/aromatic N) is 1. The minimum absolute atomic E-state index is 0.203. The molecule has 2 nitrogen and oxygen atoms in total. The van der Waals surface area contributed by atoms with Gasteiger partial charge >= 0.3 is 0 Å². The molecule has 3 heterocycles. The summed E-state index contributed by atoms with van der Waals surface area (Å²) in [5.41, 5.74) is 1.45. The molecular weight excluding hydrogens is 262 g/mol. The van der Waals surface area contributed by atoms with Gasteiger partial charge in [0.1, 0.15) is 0 Å².